The zero-order chi connectivity index (χ0) is 24.2. The number of morpholine rings is 1. The maximum Gasteiger partial charge on any atom is 0.410 e. The van der Waals surface area contributed by atoms with Crippen LogP contribution < -0.4 is 5.73 Å². The van der Waals surface area contributed by atoms with Gasteiger partial charge in [-0.25, -0.2) is 9.48 Å². The minimum absolute atomic E-state index is 0.262. The van der Waals surface area contributed by atoms with Crippen LogP contribution in [0.1, 0.15) is 36.8 Å². The number of amides is 2. The quantitative estimate of drug-likeness (QED) is 0.486. The van der Waals surface area contributed by atoms with Crippen LogP contribution in [-0.2, 0) is 20.8 Å². The highest BCUT2D eigenvalue weighted by atomic mass is 16.6. The maximum absolute atomic E-state index is 12.2. The van der Waals surface area contributed by atoms with E-state index in [-0.39, 0.29) is 12.2 Å². The first kappa shape index (κ1) is 24.1. The molecule has 12 nitrogen and oxygen atoms in total. The first-order valence-electron chi connectivity index (χ1n) is 10.3. The van der Waals surface area contributed by atoms with Gasteiger partial charge in [-0.1, -0.05) is 12.1 Å². The van der Waals surface area contributed by atoms with Crippen molar-refractivity contribution >= 4 is 17.7 Å². The molecule has 1 unspecified atom stereocenters. The van der Waals surface area contributed by atoms with E-state index < -0.39 is 27.8 Å². The Balaban J connectivity index is 1.53. The zero-order valence-corrected chi connectivity index (χ0v) is 18.7. The average Bonchev–Trinajstić information content (AvgIpc) is 3.20. The van der Waals surface area contributed by atoms with Gasteiger partial charge in [0.25, 0.3) is 5.91 Å². The smallest absolute Gasteiger partial charge is 0.410 e. The highest BCUT2D eigenvalue weighted by Crippen LogP contribution is 2.20. The number of nitro groups is 1. The van der Waals surface area contributed by atoms with Crippen LogP contribution in [0.15, 0.2) is 30.5 Å². The highest BCUT2D eigenvalue weighted by molar-refractivity contribution is 5.94. The number of hydrogen-bond donors (Lipinski definition) is 1. The van der Waals surface area contributed by atoms with Crippen molar-refractivity contribution < 1.29 is 28.7 Å². The molecule has 1 atom stereocenters. The lowest BCUT2D eigenvalue weighted by Gasteiger charge is -2.34. The van der Waals surface area contributed by atoms with Gasteiger partial charge in [-0.3, -0.25) is 14.9 Å². The molecule has 0 aliphatic carbocycles. The largest absolute Gasteiger partial charge is 0.444 e. The molecule has 1 aromatic carbocycles. The molecule has 2 N–H and O–H groups in total. The summed E-state index contributed by atoms with van der Waals surface area (Å²) in [5.41, 5.74) is 5.13. The van der Waals surface area contributed by atoms with E-state index in [1.807, 2.05) is 20.8 Å². The van der Waals surface area contributed by atoms with Gasteiger partial charge in [0.2, 0.25) is 5.69 Å². The van der Waals surface area contributed by atoms with Gasteiger partial charge >= 0.3 is 11.8 Å². The fraction of sp³-hybridized carbons (Fsp3) is 0.476. The molecule has 1 aliphatic rings. The van der Waals surface area contributed by atoms with Crippen molar-refractivity contribution in [3.05, 3.63) is 51.8 Å². The molecule has 3 rings (SSSR count). The fourth-order valence-electron chi connectivity index (χ4n) is 3.17. The molecule has 2 amide bonds. The number of primary amides is 1. The first-order chi connectivity index (χ1) is 15.5. The number of aromatic nitrogens is 2. The minimum atomic E-state index is -0.972. The lowest BCUT2D eigenvalue weighted by Crippen LogP contribution is -2.48. The monoisotopic (exact) mass is 461 g/mol. The number of rotatable bonds is 7. The summed E-state index contributed by atoms with van der Waals surface area (Å²) in [7, 11) is 0. The van der Waals surface area contributed by atoms with E-state index in [1.54, 1.807) is 29.2 Å². The van der Waals surface area contributed by atoms with E-state index in [0.717, 1.165) is 11.8 Å². The Kier molecular flexibility index (Phi) is 7.29. The summed E-state index contributed by atoms with van der Waals surface area (Å²) in [6, 6.07) is 6.95. The van der Waals surface area contributed by atoms with Crippen LogP contribution in [0, 0.1) is 10.1 Å². The molecule has 12 heteroatoms. The van der Waals surface area contributed by atoms with Crippen molar-refractivity contribution in [1.29, 1.82) is 0 Å². The van der Waals surface area contributed by atoms with Crippen LogP contribution in [0.2, 0.25) is 0 Å². The molecule has 0 spiro atoms. The average molecular weight is 461 g/mol. The van der Waals surface area contributed by atoms with Crippen molar-refractivity contribution in [3.8, 4) is 5.69 Å². The van der Waals surface area contributed by atoms with Gasteiger partial charge in [0.15, 0.2) is 0 Å². The Labute approximate surface area is 190 Å². The third kappa shape index (κ3) is 6.49. The Hall–Kier alpha value is -3.51. The van der Waals surface area contributed by atoms with Gasteiger partial charge < -0.3 is 24.8 Å². The van der Waals surface area contributed by atoms with Crippen molar-refractivity contribution in [2.45, 2.75) is 39.1 Å². The van der Waals surface area contributed by atoms with Crippen LogP contribution in [0.25, 0.3) is 5.69 Å². The predicted molar refractivity (Wildman–Crippen MR) is 116 cm³/mol. The van der Waals surface area contributed by atoms with E-state index in [2.05, 4.69) is 5.10 Å². The first-order valence-corrected chi connectivity index (χ1v) is 10.3. The van der Waals surface area contributed by atoms with Crippen LogP contribution in [-0.4, -0.2) is 69.6 Å². The molecule has 0 saturated carbocycles. The van der Waals surface area contributed by atoms with Gasteiger partial charge in [-0.2, -0.15) is 5.10 Å². The summed E-state index contributed by atoms with van der Waals surface area (Å²) in [6.45, 7) is 7.33. The Morgan fingerprint density at radius 1 is 1.30 bits per heavy atom. The maximum atomic E-state index is 12.2. The minimum Gasteiger partial charge on any atom is -0.444 e. The summed E-state index contributed by atoms with van der Waals surface area (Å²) < 4.78 is 18.0. The molecule has 0 bridgehead atoms. The molecule has 1 aliphatic heterocycles. The Morgan fingerprint density at radius 2 is 2.00 bits per heavy atom. The lowest BCUT2D eigenvalue weighted by molar-refractivity contribution is -0.385. The Morgan fingerprint density at radius 3 is 2.58 bits per heavy atom. The van der Waals surface area contributed by atoms with Gasteiger partial charge in [-0.05, 0) is 38.5 Å². The molecule has 1 fully saturated rings. The molecule has 178 valence electrons. The molecular weight excluding hydrogens is 434 g/mol. The fourth-order valence-corrected chi connectivity index (χ4v) is 3.17. The molecule has 1 saturated heterocycles. The number of carbonyl (C=O) groups excluding carboxylic acids is 2. The van der Waals surface area contributed by atoms with Gasteiger partial charge in [0, 0.05) is 6.54 Å². The van der Waals surface area contributed by atoms with Gasteiger partial charge in [-0.15, -0.1) is 0 Å². The van der Waals surface area contributed by atoms with E-state index in [1.165, 1.54) is 4.68 Å². The number of carbonyl (C=O) groups is 2. The zero-order valence-electron chi connectivity index (χ0n) is 18.7. The van der Waals surface area contributed by atoms with Crippen LogP contribution in [0.3, 0.4) is 0 Å². The second kappa shape index (κ2) is 9.96. The van der Waals surface area contributed by atoms with Crippen molar-refractivity contribution in [2.75, 3.05) is 26.3 Å². The summed E-state index contributed by atoms with van der Waals surface area (Å²) in [4.78, 5) is 35.6. The normalized spacial score (nSPS) is 16.5. The molecule has 2 aromatic rings. The number of hydrogen-bond acceptors (Lipinski definition) is 8. The summed E-state index contributed by atoms with van der Waals surface area (Å²) in [5.74, 6) is -0.972. The predicted octanol–water partition coefficient (Wildman–Crippen LogP) is 2.03. The van der Waals surface area contributed by atoms with E-state index in [9.17, 15) is 19.7 Å². The topological polar surface area (TPSA) is 152 Å². The van der Waals surface area contributed by atoms with Crippen LogP contribution in [0.4, 0.5) is 10.5 Å². The summed E-state index contributed by atoms with van der Waals surface area (Å²) in [5, 5.41) is 15.0. The van der Waals surface area contributed by atoms with Crippen LogP contribution >= 0.6 is 0 Å². The summed E-state index contributed by atoms with van der Waals surface area (Å²) in [6.07, 6.45) is 0.509. The second-order valence-electron chi connectivity index (χ2n) is 8.53. The van der Waals surface area contributed by atoms with Gasteiger partial charge in [0.05, 0.1) is 43.1 Å². The van der Waals surface area contributed by atoms with Crippen molar-refractivity contribution in [3.63, 3.8) is 0 Å². The molecule has 1 aromatic heterocycles. The van der Waals surface area contributed by atoms with E-state index in [4.69, 9.17) is 19.9 Å². The number of nitrogens with zero attached hydrogens (tertiary/aromatic N) is 4. The van der Waals surface area contributed by atoms with Gasteiger partial charge in [0.1, 0.15) is 11.8 Å². The second-order valence-corrected chi connectivity index (χ2v) is 8.53. The third-order valence-electron chi connectivity index (χ3n) is 4.69. The van der Waals surface area contributed by atoms with Crippen molar-refractivity contribution in [1.82, 2.24) is 14.7 Å². The number of nitrogens with two attached hydrogens (primary N) is 1. The number of benzene rings is 1. The SMILES string of the molecule is CC(C)(C)OC(=O)N1CCOC(COCc2ccc(-n3cc([N+](=O)[O-])c(C(N)=O)n3)cc2)C1. The molecule has 0 radical (unpaired) electrons. The third-order valence-corrected chi connectivity index (χ3v) is 4.69. The molecular formula is C21H27N5O7. The Bertz CT molecular complexity index is 982. The number of ether oxygens (including phenoxy) is 3. The van der Waals surface area contributed by atoms with E-state index >= 15 is 0 Å². The standard InChI is InChI=1S/C21H27N5O7/c1-21(2,3)33-20(28)24-8-9-32-16(10-24)13-31-12-14-4-6-15(7-5-14)25-11-17(26(29)30)18(23-25)19(22)27/h4-7,11,16H,8-10,12-13H2,1-3H3,(H2,22,27). The lowest BCUT2D eigenvalue weighted by atomic mass is 10.2. The van der Waals surface area contributed by atoms with E-state index in [0.29, 0.717) is 38.6 Å². The summed E-state index contributed by atoms with van der Waals surface area (Å²) >= 11 is 0. The molecule has 2 heterocycles. The van der Waals surface area contributed by atoms with Crippen molar-refractivity contribution in [2.24, 2.45) is 5.73 Å². The van der Waals surface area contributed by atoms with Crippen LogP contribution in [0.5, 0.6) is 0 Å². The highest BCUT2D eigenvalue weighted by Gasteiger charge is 2.28. The molecule has 33 heavy (non-hydrogen) atoms.